The fraction of sp³-hybridized carbons (Fsp3) is 0.556. The first kappa shape index (κ1) is 16.5. The third kappa shape index (κ3) is 2.40. The minimum absolute atomic E-state index is 0.0815. The highest BCUT2D eigenvalue weighted by atomic mass is 16.5. The minimum atomic E-state index is -1.09. The second-order valence-corrected chi connectivity index (χ2v) is 6.54. The fourth-order valence-electron chi connectivity index (χ4n) is 3.56. The highest BCUT2D eigenvalue weighted by Crippen LogP contribution is 2.48. The Morgan fingerprint density at radius 2 is 1.86 bits per heavy atom. The number of carbonyl (C=O) groups is 2. The van der Waals surface area contributed by atoms with E-state index in [2.05, 4.69) is 0 Å². The molecule has 1 aromatic rings. The van der Waals surface area contributed by atoms with Gasteiger partial charge in [0.25, 0.3) is 0 Å². The van der Waals surface area contributed by atoms with Crippen LogP contribution in [0.3, 0.4) is 0 Å². The van der Waals surface area contributed by atoms with Crippen molar-refractivity contribution in [2.45, 2.75) is 45.4 Å². The molecule has 0 aliphatic heterocycles. The van der Waals surface area contributed by atoms with Crippen LogP contribution in [-0.4, -0.2) is 26.0 Å². The number of carbonyl (C=O) groups excluding carboxylic acids is 2. The van der Waals surface area contributed by atoms with Gasteiger partial charge >= 0.3 is 5.97 Å². The lowest BCUT2D eigenvalue weighted by Gasteiger charge is -2.42. The van der Waals surface area contributed by atoms with Gasteiger partial charge < -0.3 is 9.47 Å². The second kappa shape index (κ2) is 5.75. The number of Topliss-reactive ketones (excluding diaryl/α,β-unsaturated/α-hetero) is 1. The van der Waals surface area contributed by atoms with Gasteiger partial charge in [-0.05, 0) is 39.7 Å². The molecule has 2 atom stereocenters. The summed E-state index contributed by atoms with van der Waals surface area (Å²) in [5.74, 6) is 0.160. The van der Waals surface area contributed by atoms with Gasteiger partial charge in [-0.2, -0.15) is 0 Å². The van der Waals surface area contributed by atoms with Crippen molar-refractivity contribution >= 4 is 11.8 Å². The lowest BCUT2D eigenvalue weighted by molar-refractivity contribution is -0.161. The largest absolute Gasteiger partial charge is 0.496 e. The summed E-state index contributed by atoms with van der Waals surface area (Å²) in [6.45, 7) is 5.59. The average molecular weight is 304 g/mol. The normalized spacial score (nSPS) is 28.3. The van der Waals surface area contributed by atoms with Crippen LogP contribution in [0.15, 0.2) is 18.2 Å². The summed E-state index contributed by atoms with van der Waals surface area (Å²) in [6, 6.07) is 5.82. The Hall–Kier alpha value is -1.84. The highest BCUT2D eigenvalue weighted by Gasteiger charge is 2.54. The first-order valence-electron chi connectivity index (χ1n) is 7.58. The Bertz CT molecular complexity index is 607. The Balaban J connectivity index is 2.56. The molecule has 0 radical (unpaired) electrons. The smallest absolute Gasteiger partial charge is 0.319 e. The fourth-order valence-corrected chi connectivity index (χ4v) is 3.56. The van der Waals surface area contributed by atoms with Crippen LogP contribution in [-0.2, 0) is 19.7 Å². The number of esters is 1. The predicted molar refractivity (Wildman–Crippen MR) is 84.1 cm³/mol. The van der Waals surface area contributed by atoms with Crippen LogP contribution in [0.4, 0.5) is 0 Å². The molecular weight excluding hydrogens is 280 g/mol. The lowest BCUT2D eigenvalue weighted by Crippen LogP contribution is -2.51. The molecule has 0 spiro atoms. The van der Waals surface area contributed by atoms with E-state index in [1.165, 1.54) is 7.11 Å². The molecular formula is C18H24O4. The van der Waals surface area contributed by atoms with E-state index in [1.54, 1.807) is 14.0 Å². The van der Waals surface area contributed by atoms with E-state index in [0.29, 0.717) is 18.6 Å². The molecule has 1 saturated carbocycles. The molecule has 0 N–H and O–H groups in total. The number of hydrogen-bond acceptors (Lipinski definition) is 4. The number of methoxy groups -OCH3 is 2. The topological polar surface area (TPSA) is 52.6 Å². The number of rotatable bonds is 3. The summed E-state index contributed by atoms with van der Waals surface area (Å²) in [7, 11) is 2.93. The van der Waals surface area contributed by atoms with Crippen LogP contribution in [0.25, 0.3) is 0 Å². The second-order valence-electron chi connectivity index (χ2n) is 6.54. The third-order valence-electron chi connectivity index (χ3n) is 4.94. The number of benzene rings is 1. The molecule has 4 nitrogen and oxygen atoms in total. The molecule has 1 aliphatic carbocycles. The molecule has 0 aromatic heterocycles. The van der Waals surface area contributed by atoms with E-state index in [0.717, 1.165) is 17.5 Å². The van der Waals surface area contributed by atoms with Crippen molar-refractivity contribution in [3.05, 3.63) is 29.3 Å². The Labute approximate surface area is 131 Å². The van der Waals surface area contributed by atoms with Gasteiger partial charge in [0.2, 0.25) is 0 Å². The molecule has 0 bridgehead atoms. The van der Waals surface area contributed by atoms with Crippen LogP contribution in [0, 0.1) is 12.3 Å². The molecule has 22 heavy (non-hydrogen) atoms. The van der Waals surface area contributed by atoms with Crippen molar-refractivity contribution in [1.82, 2.24) is 0 Å². The van der Waals surface area contributed by atoms with E-state index in [-0.39, 0.29) is 5.78 Å². The lowest BCUT2D eigenvalue weighted by atomic mass is 9.59. The van der Waals surface area contributed by atoms with E-state index in [1.807, 2.05) is 32.0 Å². The molecule has 1 fully saturated rings. The van der Waals surface area contributed by atoms with E-state index in [9.17, 15) is 9.59 Å². The van der Waals surface area contributed by atoms with Crippen molar-refractivity contribution in [3.63, 3.8) is 0 Å². The SMILES string of the molecule is COC(=O)[C@@]1(C)CCC[C@](C)(c2cc(C)ccc2OC)C1=O. The molecule has 1 aliphatic rings. The van der Waals surface area contributed by atoms with Crippen LogP contribution in [0.5, 0.6) is 5.75 Å². The maximum Gasteiger partial charge on any atom is 0.319 e. The van der Waals surface area contributed by atoms with Crippen molar-refractivity contribution in [2.24, 2.45) is 5.41 Å². The number of hydrogen-bond donors (Lipinski definition) is 0. The number of aryl methyl sites for hydroxylation is 1. The van der Waals surface area contributed by atoms with Crippen LogP contribution in [0.2, 0.25) is 0 Å². The maximum absolute atomic E-state index is 13.2. The van der Waals surface area contributed by atoms with Crippen LogP contribution < -0.4 is 4.74 Å². The van der Waals surface area contributed by atoms with Gasteiger partial charge in [-0.1, -0.05) is 24.1 Å². The Kier molecular flexibility index (Phi) is 4.32. The summed E-state index contributed by atoms with van der Waals surface area (Å²) in [5, 5.41) is 0. The first-order valence-corrected chi connectivity index (χ1v) is 7.58. The van der Waals surface area contributed by atoms with Crippen molar-refractivity contribution in [3.8, 4) is 5.75 Å². The quantitative estimate of drug-likeness (QED) is 0.635. The third-order valence-corrected chi connectivity index (χ3v) is 4.94. The molecule has 0 unspecified atom stereocenters. The summed E-state index contributed by atoms with van der Waals surface area (Å²) < 4.78 is 10.3. The zero-order valence-electron chi connectivity index (χ0n) is 14.0. The zero-order chi connectivity index (χ0) is 16.5. The van der Waals surface area contributed by atoms with Crippen molar-refractivity contribution in [2.75, 3.05) is 14.2 Å². The van der Waals surface area contributed by atoms with Gasteiger partial charge in [0.05, 0.1) is 19.6 Å². The van der Waals surface area contributed by atoms with Crippen molar-refractivity contribution < 1.29 is 19.1 Å². The summed E-state index contributed by atoms with van der Waals surface area (Å²) in [5.41, 5.74) is 0.0969. The number of ether oxygens (including phenoxy) is 2. The van der Waals surface area contributed by atoms with Gasteiger partial charge in [0, 0.05) is 5.56 Å². The predicted octanol–water partition coefficient (Wildman–Crippen LogP) is 3.19. The molecule has 1 aromatic carbocycles. The Morgan fingerprint density at radius 1 is 1.18 bits per heavy atom. The minimum Gasteiger partial charge on any atom is -0.496 e. The standard InChI is InChI=1S/C18H24O4/c1-12-7-8-14(21-4)13(11-12)17(2)9-6-10-18(3,15(17)19)16(20)22-5/h7-8,11H,6,9-10H2,1-5H3/t17-,18+/m1/s1. The van der Waals surface area contributed by atoms with Gasteiger partial charge in [-0.15, -0.1) is 0 Å². The van der Waals surface area contributed by atoms with Gasteiger partial charge in [-0.3, -0.25) is 9.59 Å². The average Bonchev–Trinajstić information content (AvgIpc) is 2.51. The van der Waals surface area contributed by atoms with E-state index < -0.39 is 16.8 Å². The molecule has 4 heteroatoms. The molecule has 0 amide bonds. The molecule has 0 saturated heterocycles. The van der Waals surface area contributed by atoms with Gasteiger partial charge in [-0.25, -0.2) is 0 Å². The summed E-state index contributed by atoms with van der Waals surface area (Å²) in [6.07, 6.45) is 2.03. The first-order chi connectivity index (χ1) is 10.3. The molecule has 2 rings (SSSR count). The summed E-state index contributed by atoms with van der Waals surface area (Å²) in [4.78, 5) is 25.4. The van der Waals surface area contributed by atoms with Gasteiger partial charge in [0.1, 0.15) is 11.2 Å². The van der Waals surface area contributed by atoms with E-state index >= 15 is 0 Å². The maximum atomic E-state index is 13.2. The highest BCUT2D eigenvalue weighted by molar-refractivity contribution is 6.09. The monoisotopic (exact) mass is 304 g/mol. The van der Waals surface area contributed by atoms with Crippen LogP contribution in [0.1, 0.15) is 44.2 Å². The number of ketones is 1. The molecule has 0 heterocycles. The van der Waals surface area contributed by atoms with Crippen molar-refractivity contribution in [1.29, 1.82) is 0 Å². The Morgan fingerprint density at radius 3 is 2.45 bits per heavy atom. The summed E-state index contributed by atoms with van der Waals surface area (Å²) >= 11 is 0. The van der Waals surface area contributed by atoms with Crippen LogP contribution >= 0.6 is 0 Å². The zero-order valence-corrected chi connectivity index (χ0v) is 14.0. The molecule has 120 valence electrons. The van der Waals surface area contributed by atoms with Gasteiger partial charge in [0.15, 0.2) is 5.78 Å². The van der Waals surface area contributed by atoms with E-state index in [4.69, 9.17) is 9.47 Å².